The fourth-order valence-corrected chi connectivity index (χ4v) is 4.85. The molecule has 5 rings (SSSR count). The summed E-state index contributed by atoms with van der Waals surface area (Å²) >= 11 is 5.96. The molecule has 2 saturated heterocycles. The summed E-state index contributed by atoms with van der Waals surface area (Å²) < 4.78 is 0. The van der Waals surface area contributed by atoms with E-state index < -0.39 is 6.04 Å². The van der Waals surface area contributed by atoms with Gasteiger partial charge in [-0.05, 0) is 55.7 Å². The summed E-state index contributed by atoms with van der Waals surface area (Å²) in [5.41, 5.74) is 4.00. The molecule has 6 nitrogen and oxygen atoms in total. The second-order valence-electron chi connectivity index (χ2n) is 8.62. The summed E-state index contributed by atoms with van der Waals surface area (Å²) in [5, 5.41) is 3.96. The number of hydrogen-bond acceptors (Lipinski definition) is 5. The van der Waals surface area contributed by atoms with Gasteiger partial charge in [0.15, 0.2) is 5.78 Å². The van der Waals surface area contributed by atoms with Crippen molar-refractivity contribution in [3.63, 3.8) is 0 Å². The van der Waals surface area contributed by atoms with E-state index >= 15 is 0 Å². The SMILES string of the molecule is Cc1ccc(N2C(=O)C[C@@H](N3CCNC3=C3CC/C(=C\c4ccc(Cl)cc4)C3=O)C2=O)cc1. The zero-order chi connectivity index (χ0) is 23.1. The molecule has 0 bridgehead atoms. The number of nitrogens with one attached hydrogen (secondary N) is 1. The van der Waals surface area contributed by atoms with Crippen LogP contribution in [0.1, 0.15) is 30.4 Å². The normalized spacial score (nSPS) is 24.4. The molecule has 168 valence electrons. The number of rotatable bonds is 3. The Morgan fingerprint density at radius 1 is 1.00 bits per heavy atom. The zero-order valence-electron chi connectivity index (χ0n) is 18.3. The predicted octanol–water partition coefficient (Wildman–Crippen LogP) is 3.84. The maximum atomic E-state index is 13.3. The molecule has 0 spiro atoms. The molecule has 1 N–H and O–H groups in total. The third-order valence-electron chi connectivity index (χ3n) is 6.43. The lowest BCUT2D eigenvalue weighted by molar-refractivity contribution is -0.122. The highest BCUT2D eigenvalue weighted by Gasteiger charge is 2.45. The monoisotopic (exact) mass is 461 g/mol. The molecule has 3 aliphatic rings. The Balaban J connectivity index is 1.40. The van der Waals surface area contributed by atoms with Crippen molar-refractivity contribution in [3.05, 3.63) is 81.6 Å². The minimum atomic E-state index is -0.603. The first kappa shape index (κ1) is 21.5. The number of allylic oxidation sites excluding steroid dienone is 2. The summed E-state index contributed by atoms with van der Waals surface area (Å²) in [6, 6.07) is 14.1. The topological polar surface area (TPSA) is 69.7 Å². The standard InChI is InChI=1S/C26H24ClN3O3/c1-16-2-9-20(10-3-16)30-23(31)15-22(26(30)33)29-13-12-28-25(29)21-11-6-18(24(21)32)14-17-4-7-19(27)8-5-17/h2-5,7-10,14,22,28H,6,11-13,15H2,1H3/b18-14+,25-21?/t22-/m1/s1. The van der Waals surface area contributed by atoms with Gasteiger partial charge in [-0.3, -0.25) is 14.4 Å². The van der Waals surface area contributed by atoms with Crippen molar-refractivity contribution in [2.75, 3.05) is 18.0 Å². The fourth-order valence-electron chi connectivity index (χ4n) is 4.73. The Morgan fingerprint density at radius 2 is 1.73 bits per heavy atom. The molecule has 2 aromatic rings. The van der Waals surface area contributed by atoms with Gasteiger partial charge in [-0.25, -0.2) is 4.90 Å². The van der Waals surface area contributed by atoms with Crippen LogP contribution in [0, 0.1) is 6.92 Å². The molecule has 2 amide bonds. The number of carbonyl (C=O) groups is 3. The summed E-state index contributed by atoms with van der Waals surface area (Å²) in [6.07, 6.45) is 3.25. The first-order chi connectivity index (χ1) is 15.9. The van der Waals surface area contributed by atoms with E-state index in [9.17, 15) is 14.4 Å². The lowest BCUT2D eigenvalue weighted by Crippen LogP contribution is -2.41. The van der Waals surface area contributed by atoms with E-state index in [-0.39, 0.29) is 24.0 Å². The molecule has 7 heteroatoms. The van der Waals surface area contributed by atoms with Crippen LogP contribution in [0.2, 0.25) is 5.02 Å². The third kappa shape index (κ3) is 3.95. The molecular formula is C26H24ClN3O3. The smallest absolute Gasteiger partial charge is 0.257 e. The van der Waals surface area contributed by atoms with Crippen LogP contribution >= 0.6 is 11.6 Å². The number of nitrogens with zero attached hydrogens (tertiary/aromatic N) is 2. The molecule has 3 fully saturated rings. The Hall–Kier alpha value is -3.38. The van der Waals surface area contributed by atoms with Crippen LogP contribution in [0.15, 0.2) is 65.5 Å². The summed E-state index contributed by atoms with van der Waals surface area (Å²) in [4.78, 5) is 42.4. The van der Waals surface area contributed by atoms with Gasteiger partial charge in [0.05, 0.1) is 12.1 Å². The molecule has 33 heavy (non-hydrogen) atoms. The highest BCUT2D eigenvalue weighted by atomic mass is 35.5. The minimum absolute atomic E-state index is 0.00786. The van der Waals surface area contributed by atoms with Gasteiger partial charge in [-0.1, -0.05) is 41.4 Å². The number of imide groups is 1. The van der Waals surface area contributed by atoms with Crippen molar-refractivity contribution >= 4 is 41.0 Å². The van der Waals surface area contributed by atoms with Gasteiger partial charge in [-0.2, -0.15) is 0 Å². The van der Waals surface area contributed by atoms with Crippen LogP contribution < -0.4 is 10.2 Å². The van der Waals surface area contributed by atoms with Crippen molar-refractivity contribution in [1.29, 1.82) is 0 Å². The Kier molecular flexibility index (Phi) is 5.54. The molecular weight excluding hydrogens is 438 g/mol. The van der Waals surface area contributed by atoms with E-state index in [4.69, 9.17) is 11.6 Å². The molecule has 0 radical (unpaired) electrons. The second-order valence-corrected chi connectivity index (χ2v) is 9.06. The summed E-state index contributed by atoms with van der Waals surface area (Å²) in [6.45, 7) is 3.17. The zero-order valence-corrected chi connectivity index (χ0v) is 19.1. The Bertz CT molecular complexity index is 1200. The van der Waals surface area contributed by atoms with Gasteiger partial charge in [0, 0.05) is 29.3 Å². The van der Waals surface area contributed by atoms with Crippen LogP contribution in [0.5, 0.6) is 0 Å². The quantitative estimate of drug-likeness (QED) is 0.555. The minimum Gasteiger partial charge on any atom is -0.370 e. The van der Waals surface area contributed by atoms with E-state index in [2.05, 4.69) is 5.32 Å². The average molecular weight is 462 g/mol. The van der Waals surface area contributed by atoms with Crippen molar-refractivity contribution in [3.8, 4) is 0 Å². The molecule has 1 saturated carbocycles. The number of carbonyl (C=O) groups excluding carboxylic acids is 3. The van der Waals surface area contributed by atoms with Crippen molar-refractivity contribution in [1.82, 2.24) is 10.2 Å². The maximum absolute atomic E-state index is 13.3. The highest BCUT2D eigenvalue weighted by Crippen LogP contribution is 2.34. The van der Waals surface area contributed by atoms with Crippen molar-refractivity contribution < 1.29 is 14.4 Å². The molecule has 2 aliphatic heterocycles. The van der Waals surface area contributed by atoms with Gasteiger partial charge in [0.2, 0.25) is 5.91 Å². The van der Waals surface area contributed by atoms with E-state index in [0.29, 0.717) is 48.0 Å². The van der Waals surface area contributed by atoms with E-state index in [1.807, 2.05) is 42.2 Å². The van der Waals surface area contributed by atoms with Crippen molar-refractivity contribution in [2.45, 2.75) is 32.2 Å². The lowest BCUT2D eigenvalue weighted by atomic mass is 10.1. The largest absolute Gasteiger partial charge is 0.370 e. The highest BCUT2D eigenvalue weighted by molar-refractivity contribution is 6.30. The van der Waals surface area contributed by atoms with E-state index in [1.165, 1.54) is 4.90 Å². The van der Waals surface area contributed by atoms with Gasteiger partial charge < -0.3 is 10.2 Å². The third-order valence-corrected chi connectivity index (χ3v) is 6.68. The molecule has 2 aromatic carbocycles. The molecule has 1 atom stereocenters. The van der Waals surface area contributed by atoms with Crippen LogP contribution in [-0.2, 0) is 14.4 Å². The number of benzene rings is 2. The van der Waals surface area contributed by atoms with E-state index in [0.717, 1.165) is 16.7 Å². The van der Waals surface area contributed by atoms with Crippen LogP contribution in [0.3, 0.4) is 0 Å². The number of amides is 2. The van der Waals surface area contributed by atoms with Gasteiger partial charge in [0.1, 0.15) is 11.9 Å². The van der Waals surface area contributed by atoms with Crippen LogP contribution in [0.4, 0.5) is 5.69 Å². The molecule has 2 heterocycles. The number of aryl methyl sites for hydroxylation is 1. The van der Waals surface area contributed by atoms with E-state index in [1.54, 1.807) is 24.3 Å². The average Bonchev–Trinajstić information content (AvgIpc) is 3.49. The Morgan fingerprint density at radius 3 is 2.45 bits per heavy atom. The molecule has 0 unspecified atom stereocenters. The van der Waals surface area contributed by atoms with Gasteiger partial charge in [-0.15, -0.1) is 0 Å². The number of halogens is 1. The van der Waals surface area contributed by atoms with Crippen molar-refractivity contribution in [2.24, 2.45) is 0 Å². The lowest BCUT2D eigenvalue weighted by Gasteiger charge is -2.26. The maximum Gasteiger partial charge on any atom is 0.257 e. The predicted molar refractivity (Wildman–Crippen MR) is 127 cm³/mol. The van der Waals surface area contributed by atoms with Gasteiger partial charge in [0.25, 0.3) is 5.91 Å². The first-order valence-electron chi connectivity index (χ1n) is 11.1. The fraction of sp³-hybridized carbons (Fsp3) is 0.269. The summed E-state index contributed by atoms with van der Waals surface area (Å²) in [5.74, 6) is 0.224. The van der Waals surface area contributed by atoms with Crippen LogP contribution in [-0.4, -0.2) is 41.6 Å². The number of Topliss-reactive ketones (excluding diaryl/α,β-unsaturated/α-hetero) is 1. The number of ketones is 1. The number of anilines is 1. The second kappa shape index (κ2) is 8.52. The molecule has 0 aromatic heterocycles. The Labute approximate surface area is 197 Å². The van der Waals surface area contributed by atoms with Gasteiger partial charge >= 0.3 is 0 Å². The van der Waals surface area contributed by atoms with Crippen LogP contribution in [0.25, 0.3) is 6.08 Å². The summed E-state index contributed by atoms with van der Waals surface area (Å²) in [7, 11) is 0. The first-order valence-corrected chi connectivity index (χ1v) is 11.5. The molecule has 1 aliphatic carbocycles. The number of hydrogen-bond donors (Lipinski definition) is 1.